The third-order valence-corrected chi connectivity index (χ3v) is 6.62. The Labute approximate surface area is 203 Å². The summed E-state index contributed by atoms with van der Waals surface area (Å²) in [6.45, 7) is 4.74. The Morgan fingerprint density at radius 1 is 1.14 bits per heavy atom. The molecular formula is C28H29N3O4. The largest absolute Gasteiger partial charge is 0.389 e. The van der Waals surface area contributed by atoms with Crippen LogP contribution in [0, 0.1) is 5.92 Å². The van der Waals surface area contributed by atoms with Gasteiger partial charge in [-0.3, -0.25) is 19.1 Å². The molecule has 3 heterocycles. The number of benzene rings is 2. The highest BCUT2D eigenvalue weighted by Gasteiger charge is 2.27. The number of aromatic nitrogens is 3. The van der Waals surface area contributed by atoms with Gasteiger partial charge in [-0.1, -0.05) is 44.2 Å². The van der Waals surface area contributed by atoms with Crippen molar-refractivity contribution < 1.29 is 14.6 Å². The first-order valence-corrected chi connectivity index (χ1v) is 12.1. The predicted molar refractivity (Wildman–Crippen MR) is 135 cm³/mol. The van der Waals surface area contributed by atoms with E-state index in [2.05, 4.69) is 9.97 Å². The molecule has 0 bridgehead atoms. The van der Waals surface area contributed by atoms with Gasteiger partial charge in [-0.05, 0) is 47.4 Å². The van der Waals surface area contributed by atoms with E-state index in [-0.39, 0.29) is 29.9 Å². The number of ketones is 1. The highest BCUT2D eigenvalue weighted by atomic mass is 16.5. The van der Waals surface area contributed by atoms with Gasteiger partial charge >= 0.3 is 0 Å². The standard InChI is InChI=1S/C28H29N3O4/c1-17(2)11-25(32)23-8-7-18(14-29-23)12-19-13-22-27(21-6-4-3-5-20(19)21)30-16-31(28(22)34)24-9-10-35-15-26(24)33/h3-8,13-14,16-17,24,26,33H,9-12,15H2,1-2H3/t24-,26-/m0/s1. The smallest absolute Gasteiger partial charge is 0.261 e. The molecule has 2 aromatic heterocycles. The number of Topliss-reactive ketones (excluding diaryl/α,β-unsaturated/α-hetero) is 1. The maximum Gasteiger partial charge on any atom is 0.261 e. The van der Waals surface area contributed by atoms with Gasteiger partial charge in [0.2, 0.25) is 0 Å². The third kappa shape index (κ3) is 4.61. The molecule has 2 atom stereocenters. The van der Waals surface area contributed by atoms with Crippen molar-refractivity contribution in [2.45, 2.75) is 45.3 Å². The van der Waals surface area contributed by atoms with E-state index in [9.17, 15) is 14.7 Å². The normalized spacial score (nSPS) is 18.4. The maximum atomic E-state index is 13.6. The Morgan fingerprint density at radius 2 is 1.94 bits per heavy atom. The molecule has 180 valence electrons. The first kappa shape index (κ1) is 23.3. The first-order chi connectivity index (χ1) is 16.9. The number of aliphatic hydroxyl groups is 1. The number of aliphatic hydroxyl groups excluding tert-OH is 1. The lowest BCUT2D eigenvalue weighted by Gasteiger charge is -2.29. The highest BCUT2D eigenvalue weighted by Crippen LogP contribution is 2.28. The second-order valence-electron chi connectivity index (χ2n) is 9.68. The van der Waals surface area contributed by atoms with Crippen LogP contribution in [0.25, 0.3) is 21.7 Å². The lowest BCUT2D eigenvalue weighted by Crippen LogP contribution is -2.39. The molecule has 0 spiro atoms. The van der Waals surface area contributed by atoms with Crippen LogP contribution in [-0.4, -0.2) is 44.7 Å². The number of carbonyl (C=O) groups is 1. The van der Waals surface area contributed by atoms with Crippen molar-refractivity contribution in [2.75, 3.05) is 13.2 Å². The lowest BCUT2D eigenvalue weighted by atomic mass is 9.96. The second-order valence-corrected chi connectivity index (χ2v) is 9.68. The molecule has 1 saturated heterocycles. The maximum absolute atomic E-state index is 13.6. The fraction of sp³-hybridized carbons (Fsp3) is 0.357. The molecule has 0 saturated carbocycles. The minimum atomic E-state index is -0.747. The van der Waals surface area contributed by atoms with Crippen molar-refractivity contribution in [1.29, 1.82) is 0 Å². The van der Waals surface area contributed by atoms with E-state index in [1.165, 1.54) is 0 Å². The van der Waals surface area contributed by atoms with Crippen LogP contribution in [0.3, 0.4) is 0 Å². The van der Waals surface area contributed by atoms with Gasteiger partial charge in [-0.15, -0.1) is 0 Å². The Bertz CT molecular complexity index is 1440. The summed E-state index contributed by atoms with van der Waals surface area (Å²) in [6.07, 6.45) is 4.14. The molecule has 2 aromatic carbocycles. The minimum absolute atomic E-state index is 0.0460. The highest BCUT2D eigenvalue weighted by molar-refractivity contribution is 6.06. The van der Waals surface area contributed by atoms with E-state index >= 15 is 0 Å². The zero-order chi connectivity index (χ0) is 24.5. The fourth-order valence-electron chi connectivity index (χ4n) is 4.86. The number of nitrogens with zero attached hydrogens (tertiary/aromatic N) is 3. The van der Waals surface area contributed by atoms with Crippen molar-refractivity contribution in [1.82, 2.24) is 14.5 Å². The van der Waals surface area contributed by atoms with Crippen molar-refractivity contribution >= 4 is 27.5 Å². The van der Waals surface area contributed by atoms with Crippen LogP contribution in [0.1, 0.15) is 54.3 Å². The number of carbonyl (C=O) groups excluding carboxylic acids is 1. The van der Waals surface area contributed by atoms with Crippen molar-refractivity contribution in [3.05, 3.63) is 82.2 Å². The first-order valence-electron chi connectivity index (χ1n) is 12.1. The summed E-state index contributed by atoms with van der Waals surface area (Å²) in [6, 6.07) is 13.2. The molecule has 0 unspecified atom stereocenters. The van der Waals surface area contributed by atoms with Crippen LogP contribution in [-0.2, 0) is 11.2 Å². The van der Waals surface area contributed by atoms with Gasteiger partial charge in [0.25, 0.3) is 5.56 Å². The van der Waals surface area contributed by atoms with Crippen molar-refractivity contribution in [3.8, 4) is 0 Å². The summed E-state index contributed by atoms with van der Waals surface area (Å²) in [4.78, 5) is 34.9. The van der Waals surface area contributed by atoms with Crippen LogP contribution in [0.4, 0.5) is 0 Å². The van der Waals surface area contributed by atoms with Crippen LogP contribution >= 0.6 is 0 Å². The molecular weight excluding hydrogens is 442 g/mol. The second kappa shape index (κ2) is 9.68. The van der Waals surface area contributed by atoms with Gasteiger partial charge in [0.15, 0.2) is 5.78 Å². The monoisotopic (exact) mass is 471 g/mol. The van der Waals surface area contributed by atoms with Crippen molar-refractivity contribution in [3.63, 3.8) is 0 Å². The molecule has 1 N–H and O–H groups in total. The Balaban J connectivity index is 1.56. The van der Waals surface area contributed by atoms with Crippen LogP contribution in [0.15, 0.2) is 59.8 Å². The molecule has 5 rings (SSSR count). The van der Waals surface area contributed by atoms with E-state index in [1.54, 1.807) is 23.2 Å². The summed E-state index contributed by atoms with van der Waals surface area (Å²) in [5.74, 6) is 0.331. The molecule has 7 heteroatoms. The van der Waals surface area contributed by atoms with E-state index in [1.807, 2.05) is 50.2 Å². The van der Waals surface area contributed by atoms with Crippen molar-refractivity contribution in [2.24, 2.45) is 5.92 Å². The van der Waals surface area contributed by atoms with E-state index < -0.39 is 6.10 Å². The van der Waals surface area contributed by atoms with Gasteiger partial charge < -0.3 is 9.84 Å². The predicted octanol–water partition coefficient (Wildman–Crippen LogP) is 4.09. The summed E-state index contributed by atoms with van der Waals surface area (Å²) < 4.78 is 6.88. The third-order valence-electron chi connectivity index (χ3n) is 6.62. The molecule has 1 aliphatic rings. The molecule has 0 radical (unpaired) electrons. The van der Waals surface area contributed by atoms with Crippen LogP contribution < -0.4 is 5.56 Å². The number of fused-ring (bicyclic) bond motifs is 3. The molecule has 4 aromatic rings. The lowest BCUT2D eigenvalue weighted by molar-refractivity contribution is -0.0395. The van der Waals surface area contributed by atoms with Crippen LogP contribution in [0.5, 0.6) is 0 Å². The molecule has 1 aliphatic heterocycles. The quantitative estimate of drug-likeness (QED) is 0.336. The van der Waals surface area contributed by atoms with Gasteiger partial charge in [-0.25, -0.2) is 4.98 Å². The van der Waals surface area contributed by atoms with Gasteiger partial charge in [0, 0.05) is 24.6 Å². The molecule has 7 nitrogen and oxygen atoms in total. The zero-order valence-electron chi connectivity index (χ0n) is 20.0. The summed E-state index contributed by atoms with van der Waals surface area (Å²) in [5, 5.41) is 12.9. The molecule has 35 heavy (non-hydrogen) atoms. The number of pyridine rings is 1. The minimum Gasteiger partial charge on any atom is -0.389 e. The Kier molecular flexibility index (Phi) is 6.45. The van der Waals surface area contributed by atoms with E-state index in [4.69, 9.17) is 4.74 Å². The summed E-state index contributed by atoms with van der Waals surface area (Å²) in [7, 11) is 0. The van der Waals surface area contributed by atoms with Gasteiger partial charge in [0.05, 0.1) is 36.0 Å². The van der Waals surface area contributed by atoms with E-state index in [0.29, 0.717) is 42.5 Å². The molecule has 0 amide bonds. The SMILES string of the molecule is CC(C)CC(=O)c1ccc(Cc2cc3c(=O)n([C@H]4CCOC[C@@H]4O)cnc3c3ccccc23)cn1. The Hall–Kier alpha value is -3.42. The number of rotatable bonds is 6. The topological polar surface area (TPSA) is 94.3 Å². The average molecular weight is 472 g/mol. The van der Waals surface area contributed by atoms with Crippen LogP contribution in [0.2, 0.25) is 0 Å². The number of hydrogen-bond donors (Lipinski definition) is 1. The Morgan fingerprint density at radius 3 is 2.66 bits per heavy atom. The average Bonchev–Trinajstić information content (AvgIpc) is 2.85. The fourth-order valence-corrected chi connectivity index (χ4v) is 4.86. The number of hydrogen-bond acceptors (Lipinski definition) is 6. The summed E-state index contributed by atoms with van der Waals surface area (Å²) >= 11 is 0. The van der Waals surface area contributed by atoms with Gasteiger partial charge in [0.1, 0.15) is 5.69 Å². The zero-order valence-corrected chi connectivity index (χ0v) is 20.0. The summed E-state index contributed by atoms with van der Waals surface area (Å²) in [5.41, 5.74) is 2.91. The molecule has 1 fully saturated rings. The number of ether oxygens (including phenoxy) is 1. The molecule has 0 aliphatic carbocycles. The van der Waals surface area contributed by atoms with E-state index in [0.717, 1.165) is 21.9 Å². The van der Waals surface area contributed by atoms with Gasteiger partial charge in [-0.2, -0.15) is 0 Å².